The predicted molar refractivity (Wildman–Crippen MR) is 60.5 cm³/mol. The fourth-order valence-electron chi connectivity index (χ4n) is 0.965. The molecule has 0 aromatic rings. The zero-order valence-electron chi connectivity index (χ0n) is 10.0. The molecule has 3 heteroatoms. The number of nitrogens with zero attached hydrogens (tertiary/aromatic N) is 1. The minimum atomic E-state index is -0.770. The fraction of sp³-hybridized carbons (Fsp3) is 0.727. The zero-order chi connectivity index (χ0) is 11.6. The van der Waals surface area contributed by atoms with Gasteiger partial charge in [0.25, 0.3) is 0 Å². The van der Waals surface area contributed by atoms with Crippen molar-refractivity contribution in [2.24, 2.45) is 0 Å². The summed E-state index contributed by atoms with van der Waals surface area (Å²) in [6, 6.07) is 0. The number of carbonyl (C=O) groups is 1. The van der Waals surface area contributed by atoms with Gasteiger partial charge in [0, 0.05) is 18.7 Å². The van der Waals surface area contributed by atoms with E-state index in [1.807, 2.05) is 34.7 Å². The Balaban J connectivity index is 0. The van der Waals surface area contributed by atoms with Crippen LogP contribution < -0.4 is 0 Å². The van der Waals surface area contributed by atoms with Gasteiger partial charge in [-0.1, -0.05) is 33.8 Å². The Morgan fingerprint density at radius 1 is 1.36 bits per heavy atom. The van der Waals surface area contributed by atoms with Gasteiger partial charge in [-0.2, -0.15) is 0 Å². The molecule has 84 valence electrons. The van der Waals surface area contributed by atoms with Crippen molar-refractivity contribution in [3.05, 3.63) is 11.6 Å². The predicted octanol–water partition coefficient (Wildman–Crippen LogP) is 2.39. The van der Waals surface area contributed by atoms with Gasteiger partial charge in [-0.05, 0) is 13.5 Å². The first-order chi connectivity index (χ1) is 6.70. The summed E-state index contributed by atoms with van der Waals surface area (Å²) >= 11 is 0. The number of aliphatic carboxylic acids is 1. The van der Waals surface area contributed by atoms with Gasteiger partial charge < -0.3 is 10.0 Å². The topological polar surface area (TPSA) is 40.5 Å². The van der Waals surface area contributed by atoms with Gasteiger partial charge in [0.1, 0.15) is 0 Å². The smallest absolute Gasteiger partial charge is 0.331 e. The Morgan fingerprint density at radius 3 is 2.14 bits per heavy atom. The van der Waals surface area contributed by atoms with Crippen LogP contribution in [0, 0.1) is 0 Å². The molecule has 0 aliphatic carbocycles. The maximum Gasteiger partial charge on any atom is 0.331 e. The second-order valence-electron chi connectivity index (χ2n) is 2.55. The van der Waals surface area contributed by atoms with Gasteiger partial charge in [-0.15, -0.1) is 0 Å². The highest BCUT2D eigenvalue weighted by Gasteiger charge is 2.12. The lowest BCUT2D eigenvalue weighted by Crippen LogP contribution is -2.26. The van der Waals surface area contributed by atoms with E-state index in [1.54, 1.807) is 6.08 Å². The van der Waals surface area contributed by atoms with Gasteiger partial charge in [0.2, 0.25) is 0 Å². The standard InChI is InChI=1S/C7H11NO2.2C2H6/c1-8-4-2-6(3-5-8)7(9)10;2*1-2/h2H,3-5H2,1H3,(H,9,10);2*1-2H3. The molecule has 1 aliphatic rings. The van der Waals surface area contributed by atoms with E-state index < -0.39 is 5.97 Å². The van der Waals surface area contributed by atoms with Crippen LogP contribution in [0.3, 0.4) is 0 Å². The van der Waals surface area contributed by atoms with Crippen LogP contribution in [0.15, 0.2) is 11.6 Å². The van der Waals surface area contributed by atoms with Crippen LogP contribution in [-0.2, 0) is 4.79 Å². The van der Waals surface area contributed by atoms with Gasteiger partial charge in [-0.25, -0.2) is 4.79 Å². The van der Waals surface area contributed by atoms with Crippen LogP contribution in [0.25, 0.3) is 0 Å². The van der Waals surface area contributed by atoms with E-state index in [2.05, 4.69) is 4.90 Å². The van der Waals surface area contributed by atoms with Crippen molar-refractivity contribution in [3.8, 4) is 0 Å². The van der Waals surface area contributed by atoms with E-state index in [9.17, 15) is 4.79 Å². The molecular formula is C11H23NO2. The molecule has 0 radical (unpaired) electrons. The third-order valence-corrected chi connectivity index (χ3v) is 1.69. The van der Waals surface area contributed by atoms with Crippen LogP contribution in [-0.4, -0.2) is 36.1 Å². The molecule has 0 saturated heterocycles. The van der Waals surface area contributed by atoms with Gasteiger partial charge in [-0.3, -0.25) is 0 Å². The largest absolute Gasteiger partial charge is 0.478 e. The number of rotatable bonds is 1. The number of carboxylic acids is 1. The number of carboxylic acid groups (broad SMARTS) is 1. The normalized spacial score (nSPS) is 15.4. The van der Waals surface area contributed by atoms with Gasteiger partial charge >= 0.3 is 5.97 Å². The van der Waals surface area contributed by atoms with Crippen molar-refractivity contribution in [1.29, 1.82) is 0 Å². The van der Waals surface area contributed by atoms with Crippen molar-refractivity contribution >= 4 is 5.97 Å². The number of hydrogen-bond acceptors (Lipinski definition) is 2. The maximum absolute atomic E-state index is 10.4. The average molecular weight is 201 g/mol. The fourth-order valence-corrected chi connectivity index (χ4v) is 0.965. The summed E-state index contributed by atoms with van der Waals surface area (Å²) in [4.78, 5) is 12.5. The second-order valence-corrected chi connectivity index (χ2v) is 2.55. The Labute approximate surface area is 87.4 Å². The molecule has 1 rings (SSSR count). The Morgan fingerprint density at radius 2 is 1.86 bits per heavy atom. The van der Waals surface area contributed by atoms with E-state index in [1.165, 1.54) is 0 Å². The summed E-state index contributed by atoms with van der Waals surface area (Å²) in [7, 11) is 1.98. The molecule has 3 nitrogen and oxygen atoms in total. The van der Waals surface area contributed by atoms with Crippen molar-refractivity contribution in [1.82, 2.24) is 4.90 Å². The summed E-state index contributed by atoms with van der Waals surface area (Å²) in [5.74, 6) is -0.770. The van der Waals surface area contributed by atoms with Crippen LogP contribution >= 0.6 is 0 Å². The van der Waals surface area contributed by atoms with Crippen LogP contribution in [0.1, 0.15) is 34.1 Å². The van der Waals surface area contributed by atoms with E-state index in [4.69, 9.17) is 5.11 Å². The van der Waals surface area contributed by atoms with Crippen LogP contribution in [0.4, 0.5) is 0 Å². The van der Waals surface area contributed by atoms with Crippen LogP contribution in [0.2, 0.25) is 0 Å². The summed E-state index contributed by atoms with van der Waals surface area (Å²) in [6.07, 6.45) is 2.44. The Bertz CT molecular complexity index is 176. The van der Waals surface area contributed by atoms with E-state index in [0.29, 0.717) is 12.0 Å². The summed E-state index contributed by atoms with van der Waals surface area (Å²) in [6.45, 7) is 9.62. The third-order valence-electron chi connectivity index (χ3n) is 1.69. The molecule has 0 aromatic heterocycles. The maximum atomic E-state index is 10.4. The molecular weight excluding hydrogens is 178 g/mol. The average Bonchev–Trinajstić information content (AvgIpc) is 2.24. The minimum absolute atomic E-state index is 0.554. The molecule has 0 unspecified atom stereocenters. The number of likely N-dealkylation sites (N-methyl/N-ethyl adjacent to an activating group) is 1. The molecule has 0 aromatic carbocycles. The van der Waals surface area contributed by atoms with Crippen molar-refractivity contribution in [2.75, 3.05) is 20.1 Å². The first-order valence-electron chi connectivity index (χ1n) is 5.31. The van der Waals surface area contributed by atoms with E-state index >= 15 is 0 Å². The van der Waals surface area contributed by atoms with Gasteiger partial charge in [0.15, 0.2) is 0 Å². The van der Waals surface area contributed by atoms with Gasteiger partial charge in [0.05, 0.1) is 0 Å². The highest BCUT2D eigenvalue weighted by atomic mass is 16.4. The molecule has 14 heavy (non-hydrogen) atoms. The molecule has 0 amide bonds. The Hall–Kier alpha value is -0.830. The Kier molecular flexibility index (Phi) is 11.4. The summed E-state index contributed by atoms with van der Waals surface area (Å²) in [5.41, 5.74) is 0.554. The quantitative estimate of drug-likeness (QED) is 0.708. The zero-order valence-corrected chi connectivity index (χ0v) is 10.0. The first kappa shape index (κ1) is 15.6. The second kappa shape index (κ2) is 10.3. The number of hydrogen-bond donors (Lipinski definition) is 1. The van der Waals surface area contributed by atoms with Crippen molar-refractivity contribution in [3.63, 3.8) is 0 Å². The van der Waals surface area contributed by atoms with E-state index in [0.717, 1.165) is 13.1 Å². The lowest BCUT2D eigenvalue weighted by atomic mass is 10.1. The monoisotopic (exact) mass is 201 g/mol. The molecule has 0 spiro atoms. The molecule has 0 fully saturated rings. The lowest BCUT2D eigenvalue weighted by Gasteiger charge is -2.19. The lowest BCUT2D eigenvalue weighted by molar-refractivity contribution is -0.132. The third kappa shape index (κ3) is 6.66. The molecule has 0 saturated carbocycles. The molecule has 1 aliphatic heterocycles. The van der Waals surface area contributed by atoms with E-state index in [-0.39, 0.29) is 0 Å². The highest BCUT2D eigenvalue weighted by Crippen LogP contribution is 2.08. The SMILES string of the molecule is CC.CC.CN1CC=C(C(=O)O)CC1. The van der Waals surface area contributed by atoms with Crippen molar-refractivity contribution in [2.45, 2.75) is 34.1 Å². The molecule has 1 N–H and O–H groups in total. The van der Waals surface area contributed by atoms with Crippen LogP contribution in [0.5, 0.6) is 0 Å². The summed E-state index contributed by atoms with van der Waals surface area (Å²) in [5, 5.41) is 8.54. The van der Waals surface area contributed by atoms with Crippen molar-refractivity contribution < 1.29 is 9.90 Å². The molecule has 0 bridgehead atoms. The summed E-state index contributed by atoms with van der Waals surface area (Å²) < 4.78 is 0. The highest BCUT2D eigenvalue weighted by molar-refractivity contribution is 5.86. The molecule has 1 heterocycles. The molecule has 0 atom stereocenters. The first-order valence-corrected chi connectivity index (χ1v) is 5.31. The minimum Gasteiger partial charge on any atom is -0.478 e.